The Bertz CT molecular complexity index is 1130. The first-order chi connectivity index (χ1) is 12.7. The number of ketones is 1. The van der Waals surface area contributed by atoms with Crippen molar-refractivity contribution < 1.29 is 9.18 Å². The first kappa shape index (κ1) is 19.5. The van der Waals surface area contributed by atoms with Crippen LogP contribution in [0.4, 0.5) is 4.39 Å². The van der Waals surface area contributed by atoms with Crippen molar-refractivity contribution in [2.24, 2.45) is 5.41 Å². The van der Waals surface area contributed by atoms with Crippen molar-refractivity contribution in [1.82, 2.24) is 4.57 Å². The number of aromatic nitrogens is 1. The van der Waals surface area contributed by atoms with Crippen LogP contribution in [-0.2, 0) is 11.3 Å². The van der Waals surface area contributed by atoms with E-state index in [-0.39, 0.29) is 23.7 Å². The highest BCUT2D eigenvalue weighted by Gasteiger charge is 2.19. The van der Waals surface area contributed by atoms with E-state index in [0.29, 0.717) is 14.8 Å². The van der Waals surface area contributed by atoms with E-state index in [1.807, 2.05) is 44.4 Å². The highest BCUT2D eigenvalue weighted by molar-refractivity contribution is 7.11. The molecule has 27 heavy (non-hydrogen) atoms. The minimum Gasteiger partial charge on any atom is -0.294 e. The molecule has 0 saturated heterocycles. The van der Waals surface area contributed by atoms with E-state index in [9.17, 15) is 14.0 Å². The van der Waals surface area contributed by atoms with Crippen molar-refractivity contribution >= 4 is 40.6 Å². The number of hydrogen-bond donors (Lipinski definition) is 0. The van der Waals surface area contributed by atoms with E-state index < -0.39 is 5.41 Å². The van der Waals surface area contributed by atoms with Gasteiger partial charge in [0.2, 0.25) is 0 Å². The number of halogens is 1. The number of hydrogen-bond acceptors (Lipinski definition) is 4. The Hall–Kier alpha value is -2.31. The molecule has 6 heteroatoms. The number of nitrogens with zero attached hydrogens (tertiary/aromatic N) is 1. The number of carbonyl (C=O) groups is 1. The zero-order valence-electron chi connectivity index (χ0n) is 15.4. The van der Waals surface area contributed by atoms with E-state index in [0.717, 1.165) is 4.88 Å². The zero-order valence-corrected chi connectivity index (χ0v) is 17.0. The summed E-state index contributed by atoms with van der Waals surface area (Å²) in [5.41, 5.74) is -0.0394. The van der Waals surface area contributed by atoms with Gasteiger partial charge in [-0.05, 0) is 35.2 Å². The van der Waals surface area contributed by atoms with Gasteiger partial charge in [-0.2, -0.15) is 0 Å². The molecule has 0 fully saturated rings. The van der Waals surface area contributed by atoms with Crippen LogP contribution in [0.5, 0.6) is 0 Å². The van der Waals surface area contributed by atoms with Gasteiger partial charge in [0.1, 0.15) is 10.5 Å². The van der Waals surface area contributed by atoms with E-state index in [2.05, 4.69) is 0 Å². The average molecular weight is 402 g/mol. The maximum absolute atomic E-state index is 13.5. The van der Waals surface area contributed by atoms with Crippen LogP contribution in [0, 0.1) is 11.2 Å². The number of benzene rings is 1. The SMILES string of the molecule is CC(C)(C)C(=O)/C=c1\s/c(=C\c2cccs2)c(=O)n1Cc1cccc(F)c1. The lowest BCUT2D eigenvalue weighted by Crippen LogP contribution is -2.32. The smallest absolute Gasteiger partial charge is 0.269 e. The summed E-state index contributed by atoms with van der Waals surface area (Å²) >= 11 is 2.83. The molecule has 2 aromatic heterocycles. The van der Waals surface area contributed by atoms with Crippen molar-refractivity contribution in [3.8, 4) is 0 Å². The predicted molar refractivity (Wildman–Crippen MR) is 110 cm³/mol. The van der Waals surface area contributed by atoms with Crippen LogP contribution >= 0.6 is 22.7 Å². The second kappa shape index (κ2) is 7.74. The summed E-state index contributed by atoms with van der Waals surface area (Å²) in [6, 6.07) is 10.0. The fraction of sp³-hybridized carbons (Fsp3) is 0.238. The Kier molecular flexibility index (Phi) is 5.58. The molecular weight excluding hydrogens is 381 g/mol. The van der Waals surface area contributed by atoms with E-state index in [1.165, 1.54) is 29.5 Å². The summed E-state index contributed by atoms with van der Waals surface area (Å²) in [7, 11) is 0. The Morgan fingerprint density at radius 2 is 2.00 bits per heavy atom. The van der Waals surface area contributed by atoms with Crippen molar-refractivity contribution in [3.05, 3.63) is 77.6 Å². The van der Waals surface area contributed by atoms with Gasteiger partial charge in [-0.3, -0.25) is 14.2 Å². The highest BCUT2D eigenvalue weighted by Crippen LogP contribution is 2.15. The number of rotatable bonds is 4. The minimum atomic E-state index is -0.540. The molecule has 0 aliphatic rings. The van der Waals surface area contributed by atoms with Gasteiger partial charge in [0, 0.05) is 16.4 Å². The molecule has 0 aliphatic carbocycles. The summed E-state index contributed by atoms with van der Waals surface area (Å²) in [6.07, 6.45) is 3.36. The summed E-state index contributed by atoms with van der Waals surface area (Å²) in [5.74, 6) is -0.406. The van der Waals surface area contributed by atoms with Crippen LogP contribution in [0.15, 0.2) is 46.6 Å². The fourth-order valence-corrected chi connectivity index (χ4v) is 4.21. The molecule has 140 valence electrons. The Morgan fingerprint density at radius 3 is 2.63 bits per heavy atom. The normalized spacial score (nSPS) is 13.3. The van der Waals surface area contributed by atoms with E-state index in [4.69, 9.17) is 0 Å². The highest BCUT2D eigenvalue weighted by atomic mass is 32.1. The van der Waals surface area contributed by atoms with Gasteiger partial charge < -0.3 is 0 Å². The van der Waals surface area contributed by atoms with E-state index >= 15 is 0 Å². The fourth-order valence-electron chi connectivity index (χ4n) is 2.44. The van der Waals surface area contributed by atoms with Crippen molar-refractivity contribution in [2.75, 3.05) is 0 Å². The monoisotopic (exact) mass is 401 g/mol. The van der Waals surface area contributed by atoms with Crippen LogP contribution in [-0.4, -0.2) is 10.4 Å². The maximum Gasteiger partial charge on any atom is 0.269 e. The van der Waals surface area contributed by atoms with E-state index in [1.54, 1.807) is 28.0 Å². The van der Waals surface area contributed by atoms with Crippen molar-refractivity contribution in [2.45, 2.75) is 27.3 Å². The number of Topliss-reactive ketones (excluding diaryl/α,β-unsaturated/α-hetero) is 1. The van der Waals surface area contributed by atoms with Gasteiger partial charge >= 0.3 is 0 Å². The summed E-state index contributed by atoms with van der Waals surface area (Å²) < 4.78 is 16.2. The van der Waals surface area contributed by atoms with Gasteiger partial charge in [0.05, 0.1) is 11.1 Å². The maximum atomic E-state index is 13.5. The van der Waals surface area contributed by atoms with Gasteiger partial charge in [-0.15, -0.1) is 22.7 Å². The molecule has 0 spiro atoms. The van der Waals surface area contributed by atoms with Crippen LogP contribution in [0.3, 0.4) is 0 Å². The van der Waals surface area contributed by atoms with Crippen molar-refractivity contribution in [3.63, 3.8) is 0 Å². The van der Waals surface area contributed by atoms with Crippen LogP contribution < -0.4 is 14.8 Å². The van der Waals surface area contributed by atoms with Gasteiger partial charge in [0.15, 0.2) is 5.78 Å². The lowest BCUT2D eigenvalue weighted by molar-refractivity contribution is -0.120. The standard InChI is InChI=1S/C21H20FNO2S2/c1-21(2,3)18(24)12-19-23(13-14-6-4-7-15(22)10-14)20(25)17(27-19)11-16-8-5-9-26-16/h4-12H,13H2,1-3H3/b17-11-,19-12-. The summed E-state index contributed by atoms with van der Waals surface area (Å²) in [4.78, 5) is 26.4. The van der Waals surface area contributed by atoms with Crippen LogP contribution in [0.2, 0.25) is 0 Å². The van der Waals surface area contributed by atoms with Crippen LogP contribution in [0.1, 0.15) is 31.2 Å². The number of thiazole rings is 1. The Morgan fingerprint density at radius 1 is 1.22 bits per heavy atom. The molecule has 0 N–H and O–H groups in total. The van der Waals surface area contributed by atoms with Gasteiger partial charge in [-0.1, -0.05) is 39.0 Å². The molecule has 0 saturated carbocycles. The predicted octanol–water partition coefficient (Wildman–Crippen LogP) is 3.38. The third-order valence-corrected chi connectivity index (χ3v) is 5.86. The molecule has 1 aromatic carbocycles. The molecule has 0 radical (unpaired) electrons. The molecule has 0 amide bonds. The lowest BCUT2D eigenvalue weighted by atomic mass is 9.91. The second-order valence-electron chi connectivity index (χ2n) is 7.24. The largest absolute Gasteiger partial charge is 0.294 e. The van der Waals surface area contributed by atoms with Crippen molar-refractivity contribution in [1.29, 1.82) is 0 Å². The molecule has 0 atom stereocenters. The molecule has 3 aromatic rings. The lowest BCUT2D eigenvalue weighted by Gasteiger charge is -2.13. The molecule has 2 heterocycles. The minimum absolute atomic E-state index is 0.0561. The third kappa shape index (κ3) is 4.70. The average Bonchev–Trinajstić information content (AvgIpc) is 3.18. The van der Waals surface area contributed by atoms with Crippen LogP contribution in [0.25, 0.3) is 12.2 Å². The Labute approximate surface area is 164 Å². The quantitative estimate of drug-likeness (QED) is 0.672. The summed E-state index contributed by atoms with van der Waals surface area (Å²) in [6.45, 7) is 5.74. The number of thiophene rings is 1. The first-order valence-corrected chi connectivity index (χ1v) is 10.2. The molecule has 3 rings (SSSR count). The molecular formula is C21H20FNO2S2. The third-order valence-electron chi connectivity index (χ3n) is 3.98. The molecule has 3 nitrogen and oxygen atoms in total. The van der Waals surface area contributed by atoms with Gasteiger partial charge in [-0.25, -0.2) is 4.39 Å². The Balaban J connectivity index is 2.17. The summed E-state index contributed by atoms with van der Waals surface area (Å²) in [5, 5.41) is 1.95. The number of carbonyl (C=O) groups excluding carboxylic acids is 1. The topological polar surface area (TPSA) is 39.1 Å². The molecule has 0 unspecified atom stereocenters. The molecule has 0 bridgehead atoms. The molecule has 0 aliphatic heterocycles. The zero-order chi connectivity index (χ0) is 19.6. The second-order valence-corrected chi connectivity index (χ2v) is 9.29. The van der Waals surface area contributed by atoms with Gasteiger partial charge in [0.25, 0.3) is 5.56 Å². The first-order valence-electron chi connectivity index (χ1n) is 8.49.